The predicted molar refractivity (Wildman–Crippen MR) is 148 cm³/mol. The molecular formula is C30H38N4O5. The minimum Gasteiger partial charge on any atom is -0.481 e. The molecular weight excluding hydrogens is 496 g/mol. The van der Waals surface area contributed by atoms with Crippen molar-refractivity contribution in [1.29, 1.82) is 5.26 Å². The molecule has 0 saturated heterocycles. The maximum Gasteiger partial charge on any atom is 0.303 e. The largest absolute Gasteiger partial charge is 0.481 e. The van der Waals surface area contributed by atoms with Gasteiger partial charge in [0.25, 0.3) is 5.91 Å². The number of aryl methyl sites for hydroxylation is 1. The lowest BCUT2D eigenvalue weighted by molar-refractivity contribution is -0.138. The van der Waals surface area contributed by atoms with Crippen molar-refractivity contribution in [2.45, 2.75) is 64.1 Å². The van der Waals surface area contributed by atoms with Gasteiger partial charge in [-0.1, -0.05) is 31.9 Å². The lowest BCUT2D eigenvalue weighted by atomic mass is 9.93. The number of unbranched alkanes of at least 4 members (excludes halogenated alkanes) is 2. The molecule has 39 heavy (non-hydrogen) atoms. The van der Waals surface area contributed by atoms with Crippen molar-refractivity contribution in [3.8, 4) is 6.07 Å². The molecule has 0 radical (unpaired) electrons. The van der Waals surface area contributed by atoms with Crippen LogP contribution in [0, 0.1) is 17.2 Å². The Morgan fingerprint density at radius 2 is 1.87 bits per heavy atom. The summed E-state index contributed by atoms with van der Waals surface area (Å²) in [5.41, 5.74) is 3.96. The van der Waals surface area contributed by atoms with Crippen LogP contribution in [0.4, 0.5) is 0 Å². The lowest BCUT2D eigenvalue weighted by Gasteiger charge is -2.17. The van der Waals surface area contributed by atoms with Crippen molar-refractivity contribution in [1.82, 2.24) is 14.5 Å². The van der Waals surface area contributed by atoms with Crippen molar-refractivity contribution in [2.75, 3.05) is 14.1 Å². The third-order valence-corrected chi connectivity index (χ3v) is 7.12. The third-order valence-electron chi connectivity index (χ3n) is 7.12. The SMILES string of the molecule is C[C@H](CC(=O)O)CC(O)c1c(CCCCCC(O)c2cccc(C(=O)N(C)C)c2)n(C)c2ncc(C#N)cc12. The number of nitrogens with zero attached hydrogens (tertiary/aromatic N) is 4. The minimum atomic E-state index is -0.903. The fraction of sp³-hybridized carbons (Fsp3) is 0.467. The van der Waals surface area contributed by atoms with Crippen LogP contribution in [0.5, 0.6) is 0 Å². The summed E-state index contributed by atoms with van der Waals surface area (Å²) in [5, 5.41) is 41.1. The van der Waals surface area contributed by atoms with Crippen molar-refractivity contribution in [3.63, 3.8) is 0 Å². The highest BCUT2D eigenvalue weighted by molar-refractivity contribution is 5.94. The molecule has 9 nitrogen and oxygen atoms in total. The summed E-state index contributed by atoms with van der Waals surface area (Å²) in [6, 6.07) is 10.9. The molecule has 2 aromatic heterocycles. The Labute approximate surface area is 229 Å². The Morgan fingerprint density at radius 3 is 2.54 bits per heavy atom. The zero-order valence-corrected chi connectivity index (χ0v) is 23.1. The molecule has 0 saturated carbocycles. The standard InChI is InChI=1S/C30H38N4O5/c1-19(14-27(37)38)13-26(36)28-23-15-20(17-31)18-32-29(23)34(4)24(28)11-6-5-7-12-25(35)21-9-8-10-22(16-21)30(39)33(2)3/h8-10,15-16,18-19,25-26,35-36H,5-7,11-14H2,1-4H3,(H,37,38)/t19-,25?,26?/m0/s1. The van der Waals surface area contributed by atoms with E-state index >= 15 is 0 Å². The smallest absolute Gasteiger partial charge is 0.303 e. The van der Waals surface area contributed by atoms with Gasteiger partial charge >= 0.3 is 5.97 Å². The van der Waals surface area contributed by atoms with Gasteiger partial charge in [0.2, 0.25) is 0 Å². The molecule has 3 atom stereocenters. The number of amides is 1. The number of hydrogen-bond donors (Lipinski definition) is 3. The molecule has 1 aromatic carbocycles. The second-order valence-corrected chi connectivity index (χ2v) is 10.5. The van der Waals surface area contributed by atoms with E-state index in [0.29, 0.717) is 40.6 Å². The van der Waals surface area contributed by atoms with Crippen LogP contribution in [-0.2, 0) is 18.3 Å². The molecule has 0 aliphatic rings. The van der Waals surface area contributed by atoms with Crippen molar-refractivity contribution >= 4 is 22.9 Å². The fourth-order valence-electron chi connectivity index (χ4n) is 5.11. The van der Waals surface area contributed by atoms with Crippen LogP contribution in [0.2, 0.25) is 0 Å². The number of aromatic nitrogens is 2. The van der Waals surface area contributed by atoms with Crippen LogP contribution >= 0.6 is 0 Å². The minimum absolute atomic E-state index is 0.0343. The van der Waals surface area contributed by atoms with Gasteiger partial charge < -0.3 is 24.8 Å². The number of pyridine rings is 1. The number of rotatable bonds is 13. The van der Waals surface area contributed by atoms with E-state index in [1.54, 1.807) is 45.3 Å². The first-order valence-corrected chi connectivity index (χ1v) is 13.3. The molecule has 0 aliphatic carbocycles. The van der Waals surface area contributed by atoms with Crippen LogP contribution in [0.1, 0.15) is 90.4 Å². The summed E-state index contributed by atoms with van der Waals surface area (Å²) in [6.07, 6.45) is 3.87. The molecule has 1 amide bonds. The van der Waals surface area contributed by atoms with Crippen LogP contribution in [0.15, 0.2) is 36.5 Å². The molecule has 0 spiro atoms. The van der Waals surface area contributed by atoms with Gasteiger partial charge in [-0.15, -0.1) is 0 Å². The predicted octanol–water partition coefficient (Wildman–Crippen LogP) is 4.52. The molecule has 2 heterocycles. The number of aliphatic hydroxyl groups excluding tert-OH is 2. The molecule has 0 aliphatic heterocycles. The van der Waals surface area contributed by atoms with E-state index in [-0.39, 0.29) is 24.7 Å². The van der Waals surface area contributed by atoms with Crippen LogP contribution < -0.4 is 0 Å². The number of aliphatic hydroxyl groups is 2. The number of nitriles is 1. The van der Waals surface area contributed by atoms with Crippen molar-refractivity contribution < 1.29 is 24.9 Å². The number of aliphatic carboxylic acids is 1. The van der Waals surface area contributed by atoms with Gasteiger partial charge in [0.1, 0.15) is 11.7 Å². The second-order valence-electron chi connectivity index (χ2n) is 10.5. The number of carboxylic acid groups (broad SMARTS) is 1. The number of carbonyl (C=O) groups excluding carboxylic acids is 1. The highest BCUT2D eigenvalue weighted by atomic mass is 16.4. The monoisotopic (exact) mass is 534 g/mol. The summed E-state index contributed by atoms with van der Waals surface area (Å²) in [4.78, 5) is 29.3. The number of benzene rings is 1. The molecule has 0 bridgehead atoms. The highest BCUT2D eigenvalue weighted by Gasteiger charge is 2.24. The van der Waals surface area contributed by atoms with Crippen LogP contribution in [0.3, 0.4) is 0 Å². The number of hydrogen-bond acceptors (Lipinski definition) is 6. The number of fused-ring (bicyclic) bond motifs is 1. The van der Waals surface area contributed by atoms with E-state index in [4.69, 9.17) is 5.11 Å². The molecule has 208 valence electrons. The van der Waals surface area contributed by atoms with E-state index in [1.807, 2.05) is 17.7 Å². The summed E-state index contributed by atoms with van der Waals surface area (Å²) < 4.78 is 1.94. The normalized spacial score (nSPS) is 13.6. The summed E-state index contributed by atoms with van der Waals surface area (Å²) in [7, 11) is 5.28. The first-order valence-electron chi connectivity index (χ1n) is 13.3. The van der Waals surface area contributed by atoms with Crippen LogP contribution in [-0.4, -0.2) is 55.7 Å². The van der Waals surface area contributed by atoms with E-state index in [9.17, 15) is 25.1 Å². The molecule has 3 aromatic rings. The van der Waals surface area contributed by atoms with E-state index in [2.05, 4.69) is 11.1 Å². The zero-order chi connectivity index (χ0) is 28.7. The van der Waals surface area contributed by atoms with Gasteiger partial charge in [-0.2, -0.15) is 5.26 Å². The molecule has 0 fully saturated rings. The first kappa shape index (κ1) is 29.8. The average molecular weight is 535 g/mol. The number of carbonyl (C=O) groups is 2. The second kappa shape index (κ2) is 13.4. The molecule has 2 unspecified atom stereocenters. The number of carboxylic acids is 1. The van der Waals surface area contributed by atoms with Gasteiger partial charge in [0, 0.05) is 56.0 Å². The van der Waals surface area contributed by atoms with Gasteiger partial charge in [-0.25, -0.2) is 4.98 Å². The van der Waals surface area contributed by atoms with E-state index < -0.39 is 18.2 Å². The Hall–Kier alpha value is -3.74. The quantitative estimate of drug-likeness (QED) is 0.274. The van der Waals surface area contributed by atoms with Gasteiger partial charge in [-0.3, -0.25) is 9.59 Å². The molecule has 9 heteroatoms. The molecule has 3 N–H and O–H groups in total. The lowest BCUT2D eigenvalue weighted by Crippen LogP contribution is -2.21. The zero-order valence-electron chi connectivity index (χ0n) is 23.1. The Kier molecular flexibility index (Phi) is 10.2. The fourth-order valence-corrected chi connectivity index (χ4v) is 5.11. The van der Waals surface area contributed by atoms with Gasteiger partial charge in [-0.05, 0) is 55.4 Å². The van der Waals surface area contributed by atoms with Crippen molar-refractivity contribution in [3.05, 3.63) is 64.5 Å². The van der Waals surface area contributed by atoms with Gasteiger partial charge in [0.05, 0.1) is 17.8 Å². The maximum absolute atomic E-state index is 12.2. The Balaban J connectivity index is 1.69. The average Bonchev–Trinajstić information content (AvgIpc) is 3.17. The Bertz CT molecular complexity index is 1360. The van der Waals surface area contributed by atoms with E-state index in [0.717, 1.165) is 30.5 Å². The van der Waals surface area contributed by atoms with Gasteiger partial charge in [0.15, 0.2) is 0 Å². The van der Waals surface area contributed by atoms with E-state index in [1.165, 1.54) is 11.1 Å². The third kappa shape index (κ3) is 7.43. The van der Waals surface area contributed by atoms with Crippen LogP contribution in [0.25, 0.3) is 11.0 Å². The molecule has 3 rings (SSSR count). The summed E-state index contributed by atoms with van der Waals surface area (Å²) >= 11 is 0. The first-order chi connectivity index (χ1) is 18.5. The summed E-state index contributed by atoms with van der Waals surface area (Å²) in [5.74, 6) is -1.23. The topological polar surface area (TPSA) is 140 Å². The highest BCUT2D eigenvalue weighted by Crippen LogP contribution is 2.35. The maximum atomic E-state index is 12.2. The van der Waals surface area contributed by atoms with Crippen molar-refractivity contribution in [2.24, 2.45) is 13.0 Å². The Morgan fingerprint density at radius 1 is 1.13 bits per heavy atom. The summed E-state index contributed by atoms with van der Waals surface area (Å²) in [6.45, 7) is 1.80.